The fourth-order valence-corrected chi connectivity index (χ4v) is 1.86. The second kappa shape index (κ2) is 7.33. The third-order valence-electron chi connectivity index (χ3n) is 3.32. The highest BCUT2D eigenvalue weighted by Crippen LogP contribution is 2.35. The van der Waals surface area contributed by atoms with Crippen LogP contribution in [-0.4, -0.2) is 43.1 Å². The number of rotatable bonds is 7. The first-order chi connectivity index (χ1) is 10.5. The molecule has 22 heavy (non-hydrogen) atoms. The van der Waals surface area contributed by atoms with Crippen LogP contribution in [0.25, 0.3) is 0 Å². The lowest BCUT2D eigenvalue weighted by Gasteiger charge is -2.17. The van der Waals surface area contributed by atoms with Crippen molar-refractivity contribution in [3.05, 3.63) is 18.2 Å². The molecule has 0 radical (unpaired) electrons. The van der Waals surface area contributed by atoms with Gasteiger partial charge in [0.25, 0.3) is 0 Å². The number of amides is 1. The zero-order valence-electron chi connectivity index (χ0n) is 12.7. The molecular weight excluding hydrogens is 288 g/mol. The van der Waals surface area contributed by atoms with E-state index in [9.17, 15) is 9.90 Å². The molecule has 0 saturated carbocycles. The standard InChI is InChI=1S/C15H22N2O5/c1-9(2)14(16)15(19)17-6-10(18)7-20-11-3-4-12-13(5-11)22-8-21-12/h3-5,9-10,14,18H,6-8,16H2,1-2H3,(H,17,19)/t10?,14-/m0/s1. The number of nitrogens with two attached hydrogens (primary N) is 1. The molecule has 1 aliphatic rings. The lowest BCUT2D eigenvalue weighted by atomic mass is 10.1. The highest BCUT2D eigenvalue weighted by atomic mass is 16.7. The van der Waals surface area contributed by atoms with Gasteiger partial charge in [0.05, 0.1) is 6.04 Å². The number of hydrogen-bond donors (Lipinski definition) is 3. The van der Waals surface area contributed by atoms with Gasteiger partial charge < -0.3 is 30.4 Å². The highest BCUT2D eigenvalue weighted by molar-refractivity contribution is 5.81. The Kier molecular flexibility index (Phi) is 5.46. The number of nitrogens with one attached hydrogen (secondary N) is 1. The van der Waals surface area contributed by atoms with E-state index in [2.05, 4.69) is 5.32 Å². The van der Waals surface area contributed by atoms with Crippen LogP contribution in [-0.2, 0) is 4.79 Å². The van der Waals surface area contributed by atoms with Crippen molar-refractivity contribution in [1.29, 1.82) is 0 Å². The Bertz CT molecular complexity index is 521. The SMILES string of the molecule is CC(C)[C@H](N)C(=O)NCC(O)COc1ccc2c(c1)OCO2. The van der Waals surface area contributed by atoms with Gasteiger partial charge in [-0.25, -0.2) is 0 Å². The summed E-state index contributed by atoms with van der Waals surface area (Å²) in [5.74, 6) is 1.61. The minimum absolute atomic E-state index is 0.0435. The normalized spacial score (nSPS) is 15.5. The molecule has 122 valence electrons. The monoisotopic (exact) mass is 310 g/mol. The molecule has 1 heterocycles. The van der Waals surface area contributed by atoms with Crippen molar-refractivity contribution < 1.29 is 24.1 Å². The van der Waals surface area contributed by atoms with E-state index in [1.807, 2.05) is 13.8 Å². The Hall–Kier alpha value is -1.99. The van der Waals surface area contributed by atoms with Gasteiger partial charge in [0.1, 0.15) is 18.5 Å². The molecule has 1 aromatic rings. The molecule has 0 bridgehead atoms. The quantitative estimate of drug-likeness (QED) is 0.667. The van der Waals surface area contributed by atoms with Gasteiger partial charge in [-0.05, 0) is 18.1 Å². The van der Waals surface area contributed by atoms with Crippen molar-refractivity contribution in [1.82, 2.24) is 5.32 Å². The van der Waals surface area contributed by atoms with Gasteiger partial charge in [0, 0.05) is 12.6 Å². The van der Waals surface area contributed by atoms with Gasteiger partial charge in [-0.2, -0.15) is 0 Å². The van der Waals surface area contributed by atoms with Crippen molar-refractivity contribution in [2.24, 2.45) is 11.7 Å². The minimum Gasteiger partial charge on any atom is -0.491 e. The molecule has 4 N–H and O–H groups in total. The van der Waals surface area contributed by atoms with Crippen molar-refractivity contribution >= 4 is 5.91 Å². The lowest BCUT2D eigenvalue weighted by molar-refractivity contribution is -0.123. The summed E-state index contributed by atoms with van der Waals surface area (Å²) in [7, 11) is 0. The van der Waals surface area contributed by atoms with Crippen LogP contribution in [0.1, 0.15) is 13.8 Å². The zero-order chi connectivity index (χ0) is 16.1. The molecule has 7 heteroatoms. The summed E-state index contributed by atoms with van der Waals surface area (Å²) in [5, 5.41) is 12.4. The fraction of sp³-hybridized carbons (Fsp3) is 0.533. The zero-order valence-corrected chi connectivity index (χ0v) is 12.7. The smallest absolute Gasteiger partial charge is 0.237 e. The van der Waals surface area contributed by atoms with E-state index in [-0.39, 0.29) is 31.8 Å². The van der Waals surface area contributed by atoms with Crippen molar-refractivity contribution in [3.8, 4) is 17.2 Å². The van der Waals surface area contributed by atoms with E-state index in [1.54, 1.807) is 18.2 Å². The first-order valence-electron chi connectivity index (χ1n) is 7.21. The summed E-state index contributed by atoms with van der Waals surface area (Å²) in [4.78, 5) is 11.7. The van der Waals surface area contributed by atoms with Crippen molar-refractivity contribution in [2.45, 2.75) is 26.0 Å². The van der Waals surface area contributed by atoms with Crippen molar-refractivity contribution in [2.75, 3.05) is 19.9 Å². The van der Waals surface area contributed by atoms with E-state index >= 15 is 0 Å². The van der Waals surface area contributed by atoms with Crippen LogP contribution >= 0.6 is 0 Å². The van der Waals surface area contributed by atoms with Crippen LogP contribution in [0.5, 0.6) is 17.2 Å². The maximum absolute atomic E-state index is 11.7. The molecular formula is C15H22N2O5. The van der Waals surface area contributed by atoms with Crippen LogP contribution in [0.4, 0.5) is 0 Å². The molecule has 0 saturated heterocycles. The maximum atomic E-state index is 11.7. The van der Waals surface area contributed by atoms with Crippen LogP contribution < -0.4 is 25.3 Å². The first-order valence-corrected chi connectivity index (χ1v) is 7.21. The molecule has 1 amide bonds. The molecule has 0 fully saturated rings. The van der Waals surface area contributed by atoms with E-state index in [0.717, 1.165) is 0 Å². The molecule has 1 unspecified atom stereocenters. The molecule has 0 aliphatic carbocycles. The summed E-state index contributed by atoms with van der Waals surface area (Å²) in [6.07, 6.45) is -0.825. The summed E-state index contributed by atoms with van der Waals surface area (Å²) >= 11 is 0. The molecule has 7 nitrogen and oxygen atoms in total. The number of aliphatic hydroxyl groups excluding tert-OH is 1. The second-order valence-electron chi connectivity index (χ2n) is 5.49. The predicted octanol–water partition coefficient (Wildman–Crippen LogP) is 0.255. The minimum atomic E-state index is -0.825. The van der Waals surface area contributed by atoms with Gasteiger partial charge in [0.15, 0.2) is 11.5 Å². The van der Waals surface area contributed by atoms with E-state index < -0.39 is 12.1 Å². The fourth-order valence-electron chi connectivity index (χ4n) is 1.86. The van der Waals surface area contributed by atoms with E-state index in [4.69, 9.17) is 19.9 Å². The van der Waals surface area contributed by atoms with Crippen LogP contribution in [0.15, 0.2) is 18.2 Å². The van der Waals surface area contributed by atoms with E-state index in [0.29, 0.717) is 17.2 Å². The van der Waals surface area contributed by atoms with Crippen LogP contribution in [0, 0.1) is 5.92 Å². The number of fused-ring (bicyclic) bond motifs is 1. The average molecular weight is 310 g/mol. The predicted molar refractivity (Wildman–Crippen MR) is 79.9 cm³/mol. The van der Waals surface area contributed by atoms with Crippen LogP contribution in [0.2, 0.25) is 0 Å². The lowest BCUT2D eigenvalue weighted by Crippen LogP contribution is -2.46. The van der Waals surface area contributed by atoms with Crippen molar-refractivity contribution in [3.63, 3.8) is 0 Å². The number of benzene rings is 1. The van der Waals surface area contributed by atoms with Crippen LogP contribution in [0.3, 0.4) is 0 Å². The van der Waals surface area contributed by atoms with Gasteiger partial charge in [-0.3, -0.25) is 4.79 Å². The Labute approximate surface area is 129 Å². The first kappa shape index (κ1) is 16.4. The summed E-state index contributed by atoms with van der Waals surface area (Å²) in [6, 6.07) is 4.59. The summed E-state index contributed by atoms with van der Waals surface area (Å²) in [6.45, 7) is 4.07. The maximum Gasteiger partial charge on any atom is 0.237 e. The van der Waals surface area contributed by atoms with Gasteiger partial charge in [-0.15, -0.1) is 0 Å². The number of carbonyl (C=O) groups is 1. The number of hydrogen-bond acceptors (Lipinski definition) is 6. The van der Waals surface area contributed by atoms with Gasteiger partial charge >= 0.3 is 0 Å². The molecule has 0 aromatic heterocycles. The molecule has 2 atom stereocenters. The number of aliphatic hydroxyl groups is 1. The molecule has 1 aromatic carbocycles. The Balaban J connectivity index is 1.74. The molecule has 2 rings (SSSR count). The Morgan fingerprint density at radius 3 is 2.86 bits per heavy atom. The molecule has 1 aliphatic heterocycles. The third kappa shape index (κ3) is 4.25. The second-order valence-corrected chi connectivity index (χ2v) is 5.49. The Morgan fingerprint density at radius 1 is 1.41 bits per heavy atom. The van der Waals surface area contributed by atoms with E-state index in [1.165, 1.54) is 0 Å². The highest BCUT2D eigenvalue weighted by Gasteiger charge is 2.18. The average Bonchev–Trinajstić information content (AvgIpc) is 2.97. The Morgan fingerprint density at radius 2 is 2.14 bits per heavy atom. The summed E-state index contributed by atoms with van der Waals surface area (Å²) in [5.41, 5.74) is 5.71. The largest absolute Gasteiger partial charge is 0.491 e. The topological polar surface area (TPSA) is 103 Å². The number of ether oxygens (including phenoxy) is 3. The third-order valence-corrected chi connectivity index (χ3v) is 3.32. The summed E-state index contributed by atoms with van der Waals surface area (Å²) < 4.78 is 15.9. The number of carbonyl (C=O) groups excluding carboxylic acids is 1. The van der Waals surface area contributed by atoms with Gasteiger partial charge in [-0.1, -0.05) is 13.8 Å². The molecule has 0 spiro atoms. The van der Waals surface area contributed by atoms with Gasteiger partial charge in [0.2, 0.25) is 12.7 Å².